The van der Waals surface area contributed by atoms with Crippen molar-refractivity contribution in [1.29, 1.82) is 0 Å². The van der Waals surface area contributed by atoms with Crippen LogP contribution >= 0.6 is 11.8 Å². The molecule has 8 heteroatoms. The van der Waals surface area contributed by atoms with Crippen LogP contribution in [0.1, 0.15) is 40.3 Å². The van der Waals surface area contributed by atoms with Gasteiger partial charge in [-0.2, -0.15) is 11.8 Å². The van der Waals surface area contributed by atoms with Crippen LogP contribution in [-0.2, 0) is 0 Å². The SMILES string of the molecule is CNc1cc2c(N[C@H](C)c3cc(C)cc(N)c3)nc(C)nc2cc1C(=O)N1CCSCC1. The fraction of sp³-hybridized carbons (Fsp3) is 0.375. The molecule has 4 N–H and O–H groups in total. The van der Waals surface area contributed by atoms with Gasteiger partial charge in [-0.25, -0.2) is 9.97 Å². The number of amides is 1. The van der Waals surface area contributed by atoms with Crippen LogP contribution in [-0.4, -0.2) is 52.4 Å². The Bertz CT molecular complexity index is 1140. The number of nitrogens with zero attached hydrogens (tertiary/aromatic N) is 3. The van der Waals surface area contributed by atoms with Crippen molar-refractivity contribution in [3.05, 3.63) is 52.8 Å². The number of thioether (sulfide) groups is 1. The first-order chi connectivity index (χ1) is 15.4. The Morgan fingerprint density at radius 1 is 1.12 bits per heavy atom. The van der Waals surface area contributed by atoms with E-state index < -0.39 is 0 Å². The van der Waals surface area contributed by atoms with Crippen molar-refractivity contribution in [2.75, 3.05) is 48.0 Å². The van der Waals surface area contributed by atoms with Gasteiger partial charge in [0.1, 0.15) is 11.6 Å². The number of nitrogens with two attached hydrogens (primary N) is 1. The summed E-state index contributed by atoms with van der Waals surface area (Å²) >= 11 is 1.89. The van der Waals surface area contributed by atoms with Crippen molar-refractivity contribution in [2.24, 2.45) is 0 Å². The number of hydrogen-bond donors (Lipinski definition) is 3. The van der Waals surface area contributed by atoms with Crippen LogP contribution in [0.4, 0.5) is 17.2 Å². The summed E-state index contributed by atoms with van der Waals surface area (Å²) < 4.78 is 0. The van der Waals surface area contributed by atoms with E-state index in [9.17, 15) is 4.79 Å². The lowest BCUT2D eigenvalue weighted by Crippen LogP contribution is -2.38. The highest BCUT2D eigenvalue weighted by molar-refractivity contribution is 7.99. The van der Waals surface area contributed by atoms with Crippen LogP contribution < -0.4 is 16.4 Å². The summed E-state index contributed by atoms with van der Waals surface area (Å²) in [6.07, 6.45) is 0. The first-order valence-corrected chi connectivity index (χ1v) is 12.0. The molecule has 3 aromatic rings. The summed E-state index contributed by atoms with van der Waals surface area (Å²) in [5.74, 6) is 3.40. The Labute approximate surface area is 193 Å². The number of aromatic nitrogens is 2. The van der Waals surface area contributed by atoms with Crippen molar-refractivity contribution < 1.29 is 4.79 Å². The maximum absolute atomic E-state index is 13.2. The molecule has 0 spiro atoms. The normalized spacial score (nSPS) is 14.9. The molecule has 0 saturated carbocycles. The molecule has 1 aliphatic heterocycles. The van der Waals surface area contributed by atoms with E-state index in [1.165, 1.54) is 0 Å². The number of nitrogens with one attached hydrogen (secondary N) is 2. The van der Waals surface area contributed by atoms with Crippen LogP contribution in [0.25, 0.3) is 10.9 Å². The molecule has 0 unspecified atom stereocenters. The van der Waals surface area contributed by atoms with Gasteiger partial charge in [0.25, 0.3) is 5.91 Å². The molecule has 1 aliphatic rings. The van der Waals surface area contributed by atoms with E-state index in [0.29, 0.717) is 11.4 Å². The second kappa shape index (κ2) is 9.24. The van der Waals surface area contributed by atoms with Gasteiger partial charge in [-0.1, -0.05) is 6.07 Å². The summed E-state index contributed by atoms with van der Waals surface area (Å²) in [5.41, 5.74) is 11.2. The molecular weight excluding hydrogens is 420 g/mol. The number of benzene rings is 2. The Balaban J connectivity index is 1.73. The fourth-order valence-electron chi connectivity index (χ4n) is 4.10. The van der Waals surface area contributed by atoms with Crippen LogP contribution in [0.15, 0.2) is 30.3 Å². The molecule has 4 rings (SSSR count). The number of nitrogen functional groups attached to an aromatic ring is 1. The molecule has 2 heterocycles. The molecule has 1 amide bonds. The summed E-state index contributed by atoms with van der Waals surface area (Å²) in [4.78, 5) is 24.5. The molecular formula is C24H30N6OS. The molecule has 1 aromatic heterocycles. The Kier molecular flexibility index (Phi) is 6.41. The van der Waals surface area contributed by atoms with E-state index in [1.54, 1.807) is 0 Å². The quantitative estimate of drug-likeness (QED) is 0.501. The highest BCUT2D eigenvalue weighted by atomic mass is 32.2. The van der Waals surface area contributed by atoms with E-state index in [2.05, 4.69) is 33.6 Å². The minimum absolute atomic E-state index is 0.0000980. The predicted molar refractivity (Wildman–Crippen MR) is 135 cm³/mol. The zero-order chi connectivity index (χ0) is 22.8. The Hall–Kier alpha value is -3.00. The van der Waals surface area contributed by atoms with Crippen molar-refractivity contribution in [3.8, 4) is 0 Å². The lowest BCUT2D eigenvalue weighted by molar-refractivity contribution is 0.0773. The summed E-state index contributed by atoms with van der Waals surface area (Å²) in [6, 6.07) is 9.92. The van der Waals surface area contributed by atoms with E-state index in [-0.39, 0.29) is 11.9 Å². The minimum Gasteiger partial charge on any atom is -0.399 e. The van der Waals surface area contributed by atoms with Gasteiger partial charge in [0.05, 0.1) is 17.1 Å². The van der Waals surface area contributed by atoms with Gasteiger partial charge in [0.2, 0.25) is 0 Å². The molecule has 32 heavy (non-hydrogen) atoms. The Morgan fingerprint density at radius 2 is 1.88 bits per heavy atom. The summed E-state index contributed by atoms with van der Waals surface area (Å²) in [7, 11) is 1.84. The van der Waals surface area contributed by atoms with Gasteiger partial charge >= 0.3 is 0 Å². The second-order valence-corrected chi connectivity index (χ2v) is 9.46. The van der Waals surface area contributed by atoms with Crippen molar-refractivity contribution in [3.63, 3.8) is 0 Å². The predicted octanol–water partition coefficient (Wildman–Crippen LogP) is 4.23. The van der Waals surface area contributed by atoms with Crippen molar-refractivity contribution >= 4 is 45.8 Å². The molecule has 0 radical (unpaired) electrons. The van der Waals surface area contributed by atoms with Crippen LogP contribution in [0.2, 0.25) is 0 Å². The number of hydrogen-bond acceptors (Lipinski definition) is 7. The first-order valence-electron chi connectivity index (χ1n) is 10.9. The molecule has 2 aromatic carbocycles. The number of carbonyl (C=O) groups excluding carboxylic acids is 1. The topological polar surface area (TPSA) is 96.2 Å². The number of anilines is 3. The van der Waals surface area contributed by atoms with E-state index >= 15 is 0 Å². The van der Waals surface area contributed by atoms with Crippen LogP contribution in [0.5, 0.6) is 0 Å². The van der Waals surface area contributed by atoms with Crippen molar-refractivity contribution in [1.82, 2.24) is 14.9 Å². The molecule has 168 valence electrons. The Morgan fingerprint density at radius 3 is 2.56 bits per heavy atom. The third-order valence-electron chi connectivity index (χ3n) is 5.72. The van der Waals surface area contributed by atoms with Crippen molar-refractivity contribution in [2.45, 2.75) is 26.8 Å². The van der Waals surface area contributed by atoms with Gasteiger partial charge in [0.15, 0.2) is 0 Å². The molecule has 0 aliphatic carbocycles. The van der Waals surface area contributed by atoms with E-state index in [4.69, 9.17) is 5.73 Å². The van der Waals surface area contributed by atoms with Gasteiger partial charge in [-0.15, -0.1) is 0 Å². The smallest absolute Gasteiger partial charge is 0.256 e. The lowest BCUT2D eigenvalue weighted by atomic mass is 10.0. The lowest BCUT2D eigenvalue weighted by Gasteiger charge is -2.27. The maximum Gasteiger partial charge on any atom is 0.256 e. The number of fused-ring (bicyclic) bond motifs is 1. The summed E-state index contributed by atoms with van der Waals surface area (Å²) in [5, 5.41) is 7.60. The van der Waals surface area contributed by atoms with E-state index in [0.717, 1.165) is 63.8 Å². The standard InChI is InChI=1S/C24H30N6OS/c1-14-9-17(11-18(25)10-14)15(2)27-23-19-12-21(26-4)20(13-22(19)28-16(3)29-23)24(31)30-5-7-32-8-6-30/h9-13,15,26H,5-8,25H2,1-4H3,(H,27,28,29)/t15-/m1/s1. The largest absolute Gasteiger partial charge is 0.399 e. The fourth-order valence-corrected chi connectivity index (χ4v) is 5.01. The average Bonchev–Trinajstić information content (AvgIpc) is 2.77. The first kappa shape index (κ1) is 22.2. The third-order valence-corrected chi connectivity index (χ3v) is 6.66. The van der Waals surface area contributed by atoms with Gasteiger partial charge < -0.3 is 21.3 Å². The van der Waals surface area contributed by atoms with E-state index in [1.807, 2.05) is 61.8 Å². The maximum atomic E-state index is 13.2. The molecule has 1 fully saturated rings. The van der Waals surface area contributed by atoms with Crippen LogP contribution in [0.3, 0.4) is 0 Å². The van der Waals surface area contributed by atoms with Gasteiger partial charge in [-0.3, -0.25) is 4.79 Å². The average molecular weight is 451 g/mol. The molecule has 0 bridgehead atoms. The number of carbonyl (C=O) groups is 1. The van der Waals surface area contributed by atoms with Gasteiger partial charge in [-0.05, 0) is 56.2 Å². The highest BCUT2D eigenvalue weighted by Gasteiger charge is 2.23. The van der Waals surface area contributed by atoms with Gasteiger partial charge in [0, 0.05) is 48.4 Å². The second-order valence-electron chi connectivity index (χ2n) is 8.23. The molecule has 1 saturated heterocycles. The monoisotopic (exact) mass is 450 g/mol. The number of rotatable bonds is 5. The minimum atomic E-state index is -0.0000980. The highest BCUT2D eigenvalue weighted by Crippen LogP contribution is 2.31. The molecule has 1 atom stereocenters. The molecule has 7 nitrogen and oxygen atoms in total. The third kappa shape index (κ3) is 4.60. The zero-order valence-electron chi connectivity index (χ0n) is 19.0. The van der Waals surface area contributed by atoms with Crippen LogP contribution in [0, 0.1) is 13.8 Å². The number of aryl methyl sites for hydroxylation is 2. The summed E-state index contributed by atoms with van der Waals surface area (Å²) in [6.45, 7) is 7.54. The zero-order valence-corrected chi connectivity index (χ0v) is 19.8.